The van der Waals surface area contributed by atoms with Gasteiger partial charge in [0.15, 0.2) is 0 Å². The number of carbonyl (C=O) groups excluding carboxylic acids is 3. The number of hydrogen-bond acceptors (Lipinski definition) is 3. The molecule has 0 unspecified atom stereocenters. The Labute approximate surface area is 100 Å². The fourth-order valence-electron chi connectivity index (χ4n) is 1.49. The molecule has 0 aromatic carbocycles. The molecule has 17 heavy (non-hydrogen) atoms. The van der Waals surface area contributed by atoms with Crippen LogP contribution in [0.2, 0.25) is 0 Å². The molecule has 90 valence electrons. The molecule has 0 saturated carbocycles. The molecule has 1 aliphatic rings. The van der Waals surface area contributed by atoms with Crippen LogP contribution >= 0.6 is 0 Å². The number of nitrogens with one attached hydrogen (secondary N) is 1. The van der Waals surface area contributed by atoms with Crippen LogP contribution in [0.5, 0.6) is 0 Å². The Balaban J connectivity index is 2.41. The first-order valence-electron chi connectivity index (χ1n) is 5.33. The summed E-state index contributed by atoms with van der Waals surface area (Å²) in [5.41, 5.74) is 0. The lowest BCUT2D eigenvalue weighted by Crippen LogP contribution is -2.51. The Morgan fingerprint density at radius 2 is 2.00 bits per heavy atom. The van der Waals surface area contributed by atoms with Gasteiger partial charge in [-0.2, -0.15) is 4.48 Å². The number of likely N-dealkylation sites (N-methyl/N-ethyl adjacent to an activating group) is 1. The van der Waals surface area contributed by atoms with E-state index in [-0.39, 0.29) is 35.2 Å². The van der Waals surface area contributed by atoms with E-state index in [2.05, 4.69) is 11.2 Å². The van der Waals surface area contributed by atoms with Crippen LogP contribution in [0.4, 0.5) is 0 Å². The normalized spacial score (nSPS) is 16.9. The standard InChI is InChI=1S/C12H14N2O3/c1-3-4-8-13-10(15)7-9-14(2)11(16)5-6-12(14)17/h1,5-6H,4,7-9H2,2H3/p+1. The lowest BCUT2D eigenvalue weighted by molar-refractivity contribution is -0.748. The number of amides is 3. The second kappa shape index (κ2) is 5.41. The van der Waals surface area contributed by atoms with Crippen molar-refractivity contribution >= 4 is 17.7 Å². The van der Waals surface area contributed by atoms with Gasteiger partial charge in [-0.3, -0.25) is 4.79 Å². The topological polar surface area (TPSA) is 63.2 Å². The van der Waals surface area contributed by atoms with E-state index in [0.717, 1.165) is 0 Å². The summed E-state index contributed by atoms with van der Waals surface area (Å²) in [6, 6.07) is 0. The SMILES string of the molecule is C#CCCNC(=O)CC[N+]1(C)C(=O)C=CC1=O. The van der Waals surface area contributed by atoms with Gasteiger partial charge in [-0.1, -0.05) is 0 Å². The molecule has 1 N–H and O–H groups in total. The predicted octanol–water partition coefficient (Wildman–Crippen LogP) is -0.414. The zero-order valence-electron chi connectivity index (χ0n) is 9.73. The first-order valence-corrected chi connectivity index (χ1v) is 5.33. The lowest BCUT2D eigenvalue weighted by Gasteiger charge is -2.22. The molecule has 1 heterocycles. The maximum absolute atomic E-state index is 11.5. The fourth-order valence-corrected chi connectivity index (χ4v) is 1.49. The molecule has 0 spiro atoms. The summed E-state index contributed by atoms with van der Waals surface area (Å²) in [4.78, 5) is 34.4. The summed E-state index contributed by atoms with van der Waals surface area (Å²) < 4.78 is -0.359. The maximum atomic E-state index is 11.5. The minimum atomic E-state index is -0.359. The van der Waals surface area contributed by atoms with Crippen LogP contribution in [0, 0.1) is 12.3 Å². The van der Waals surface area contributed by atoms with Gasteiger partial charge in [0.25, 0.3) is 0 Å². The van der Waals surface area contributed by atoms with Crippen LogP contribution in [0.3, 0.4) is 0 Å². The quantitative estimate of drug-likeness (QED) is 0.305. The third-order valence-corrected chi connectivity index (χ3v) is 2.72. The Hall–Kier alpha value is -1.93. The summed E-state index contributed by atoms with van der Waals surface area (Å²) in [5, 5.41) is 2.62. The molecule has 0 fully saturated rings. The number of terminal acetylenes is 1. The van der Waals surface area contributed by atoms with Crippen molar-refractivity contribution in [2.75, 3.05) is 20.1 Å². The fraction of sp³-hybridized carbons (Fsp3) is 0.417. The molecule has 0 aromatic rings. The smallest absolute Gasteiger partial charge is 0.346 e. The van der Waals surface area contributed by atoms with Gasteiger partial charge >= 0.3 is 11.8 Å². The molecular formula is C12H15N2O3+. The third kappa shape index (κ3) is 3.02. The van der Waals surface area contributed by atoms with Gasteiger partial charge in [-0.25, -0.2) is 9.59 Å². The second-order valence-corrected chi connectivity index (χ2v) is 3.98. The van der Waals surface area contributed by atoms with Crippen LogP contribution in [-0.2, 0) is 14.4 Å². The highest BCUT2D eigenvalue weighted by molar-refractivity contribution is 6.04. The number of quaternary nitrogens is 1. The van der Waals surface area contributed by atoms with Crippen molar-refractivity contribution in [3.05, 3.63) is 12.2 Å². The Morgan fingerprint density at radius 1 is 1.41 bits per heavy atom. The molecule has 0 aliphatic carbocycles. The van der Waals surface area contributed by atoms with Gasteiger partial charge in [0.05, 0.1) is 25.6 Å². The van der Waals surface area contributed by atoms with E-state index < -0.39 is 0 Å². The van der Waals surface area contributed by atoms with Crippen molar-refractivity contribution in [1.29, 1.82) is 0 Å². The molecular weight excluding hydrogens is 220 g/mol. The first kappa shape index (κ1) is 13.1. The number of imide groups is 1. The number of nitrogens with zero attached hydrogens (tertiary/aromatic N) is 1. The zero-order chi connectivity index (χ0) is 12.9. The third-order valence-electron chi connectivity index (χ3n) is 2.72. The summed E-state index contributed by atoms with van der Waals surface area (Å²) in [5.74, 6) is 1.63. The Kier molecular flexibility index (Phi) is 4.18. The molecule has 0 aromatic heterocycles. The van der Waals surface area contributed by atoms with Crippen LogP contribution in [-0.4, -0.2) is 42.3 Å². The van der Waals surface area contributed by atoms with Gasteiger partial charge in [0.2, 0.25) is 5.91 Å². The van der Waals surface area contributed by atoms with Gasteiger partial charge in [-0.05, 0) is 0 Å². The van der Waals surface area contributed by atoms with Crippen molar-refractivity contribution in [1.82, 2.24) is 5.32 Å². The average Bonchev–Trinajstić information content (AvgIpc) is 2.55. The lowest BCUT2D eigenvalue weighted by atomic mass is 10.3. The molecule has 0 radical (unpaired) electrons. The monoisotopic (exact) mass is 235 g/mol. The van der Waals surface area contributed by atoms with Crippen molar-refractivity contribution < 1.29 is 18.9 Å². The summed E-state index contributed by atoms with van der Waals surface area (Å²) in [6.45, 7) is 0.589. The van der Waals surface area contributed by atoms with Crippen molar-refractivity contribution in [2.45, 2.75) is 12.8 Å². The van der Waals surface area contributed by atoms with Gasteiger partial charge < -0.3 is 5.32 Å². The summed E-state index contributed by atoms with van der Waals surface area (Å²) in [7, 11) is 1.51. The average molecular weight is 235 g/mol. The number of carbonyl (C=O) groups is 3. The highest BCUT2D eigenvalue weighted by Gasteiger charge is 2.41. The Bertz CT molecular complexity index is 400. The van der Waals surface area contributed by atoms with E-state index in [9.17, 15) is 14.4 Å². The summed E-state index contributed by atoms with van der Waals surface area (Å²) >= 11 is 0. The van der Waals surface area contributed by atoms with Crippen molar-refractivity contribution in [3.63, 3.8) is 0 Å². The molecule has 5 nitrogen and oxygen atoms in total. The van der Waals surface area contributed by atoms with Crippen LogP contribution in [0.15, 0.2) is 12.2 Å². The predicted molar refractivity (Wildman–Crippen MR) is 61.3 cm³/mol. The highest BCUT2D eigenvalue weighted by atomic mass is 16.2. The zero-order valence-corrected chi connectivity index (χ0v) is 9.73. The molecule has 5 heteroatoms. The van der Waals surface area contributed by atoms with E-state index in [1.807, 2.05) is 0 Å². The van der Waals surface area contributed by atoms with Crippen LogP contribution in [0.1, 0.15) is 12.8 Å². The Morgan fingerprint density at radius 3 is 2.53 bits per heavy atom. The van der Waals surface area contributed by atoms with E-state index in [0.29, 0.717) is 13.0 Å². The maximum Gasteiger partial charge on any atom is 0.346 e. The van der Waals surface area contributed by atoms with E-state index in [4.69, 9.17) is 6.42 Å². The molecule has 0 saturated heterocycles. The van der Waals surface area contributed by atoms with Crippen LogP contribution in [0.25, 0.3) is 0 Å². The summed E-state index contributed by atoms with van der Waals surface area (Å²) in [6.07, 6.45) is 8.14. The molecule has 0 bridgehead atoms. The molecule has 1 aliphatic heterocycles. The minimum absolute atomic E-state index is 0.125. The molecule has 3 amide bonds. The van der Waals surface area contributed by atoms with Crippen molar-refractivity contribution in [3.8, 4) is 12.3 Å². The van der Waals surface area contributed by atoms with Crippen molar-refractivity contribution in [2.24, 2.45) is 0 Å². The number of hydrogen-bond donors (Lipinski definition) is 1. The van der Waals surface area contributed by atoms with E-state index in [1.165, 1.54) is 19.2 Å². The van der Waals surface area contributed by atoms with Gasteiger partial charge in [0, 0.05) is 13.0 Å². The highest BCUT2D eigenvalue weighted by Crippen LogP contribution is 2.14. The number of rotatable bonds is 5. The largest absolute Gasteiger partial charge is 0.355 e. The van der Waals surface area contributed by atoms with E-state index in [1.54, 1.807) is 0 Å². The van der Waals surface area contributed by atoms with Crippen LogP contribution < -0.4 is 5.32 Å². The minimum Gasteiger partial charge on any atom is -0.355 e. The first-order chi connectivity index (χ1) is 8.00. The van der Waals surface area contributed by atoms with Gasteiger partial charge in [0.1, 0.15) is 6.54 Å². The van der Waals surface area contributed by atoms with E-state index >= 15 is 0 Å². The second-order valence-electron chi connectivity index (χ2n) is 3.98. The molecule has 1 rings (SSSR count). The van der Waals surface area contributed by atoms with Gasteiger partial charge in [-0.15, -0.1) is 12.3 Å². The molecule has 0 atom stereocenters.